The lowest BCUT2D eigenvalue weighted by molar-refractivity contribution is 0.167. The molecular formula is C20H24F2N4O. The van der Waals surface area contributed by atoms with Crippen molar-refractivity contribution >= 4 is 6.03 Å². The van der Waals surface area contributed by atoms with Crippen LogP contribution in [0.25, 0.3) is 0 Å². The predicted molar refractivity (Wildman–Crippen MR) is 98.0 cm³/mol. The van der Waals surface area contributed by atoms with E-state index in [0.717, 1.165) is 31.0 Å². The van der Waals surface area contributed by atoms with Crippen molar-refractivity contribution < 1.29 is 13.6 Å². The topological polar surface area (TPSA) is 58.1 Å². The molecule has 3 rings (SSSR count). The number of hydrogen-bond donors (Lipinski definition) is 1. The number of aromatic nitrogens is 2. The van der Waals surface area contributed by atoms with Gasteiger partial charge in [-0.15, -0.1) is 0 Å². The molecule has 2 amide bonds. The maximum absolute atomic E-state index is 13.7. The first-order valence-corrected chi connectivity index (χ1v) is 9.26. The van der Waals surface area contributed by atoms with Gasteiger partial charge in [-0.05, 0) is 56.2 Å². The summed E-state index contributed by atoms with van der Waals surface area (Å²) in [6, 6.07) is 5.44. The van der Waals surface area contributed by atoms with Gasteiger partial charge in [-0.1, -0.05) is 6.07 Å². The number of amides is 2. The third kappa shape index (κ3) is 5.45. The van der Waals surface area contributed by atoms with E-state index in [0.29, 0.717) is 43.4 Å². The molecule has 144 valence electrons. The van der Waals surface area contributed by atoms with Crippen molar-refractivity contribution in [2.24, 2.45) is 5.92 Å². The standard InChI is InChI=1S/C20H24F2N4O/c1-14-23-9-6-18(25-14)13-24-20(27)26-10-7-15(8-11-26)2-3-16-4-5-17(21)12-19(16)22/h4-6,9,12,15H,2-3,7-8,10-11,13H2,1H3,(H,24,27). The number of carbonyl (C=O) groups excluding carboxylic acids is 1. The average Bonchev–Trinajstić information content (AvgIpc) is 2.66. The average molecular weight is 374 g/mol. The number of piperidine rings is 1. The van der Waals surface area contributed by atoms with Crippen LogP contribution in [0.4, 0.5) is 13.6 Å². The molecule has 5 nitrogen and oxygen atoms in total. The molecule has 0 radical (unpaired) electrons. The molecule has 1 aliphatic rings. The Balaban J connectivity index is 1.41. The molecule has 0 spiro atoms. The first-order chi connectivity index (χ1) is 13.0. The summed E-state index contributed by atoms with van der Waals surface area (Å²) in [5.74, 6) is 0.0997. The van der Waals surface area contributed by atoms with Crippen molar-refractivity contribution in [2.45, 2.75) is 39.2 Å². The van der Waals surface area contributed by atoms with E-state index < -0.39 is 11.6 Å². The summed E-state index contributed by atoms with van der Waals surface area (Å²) >= 11 is 0. The lowest BCUT2D eigenvalue weighted by Gasteiger charge is -2.32. The maximum Gasteiger partial charge on any atom is 0.317 e. The zero-order valence-corrected chi connectivity index (χ0v) is 15.4. The van der Waals surface area contributed by atoms with E-state index >= 15 is 0 Å². The minimum absolute atomic E-state index is 0.0886. The van der Waals surface area contributed by atoms with Gasteiger partial charge in [0.1, 0.15) is 17.5 Å². The molecule has 1 fully saturated rings. The van der Waals surface area contributed by atoms with Crippen LogP contribution in [0, 0.1) is 24.5 Å². The molecule has 0 atom stereocenters. The number of hydrogen-bond acceptors (Lipinski definition) is 3. The summed E-state index contributed by atoms with van der Waals surface area (Å²) in [6.45, 7) is 3.57. The van der Waals surface area contributed by atoms with Crippen molar-refractivity contribution in [1.29, 1.82) is 0 Å². The fraction of sp³-hybridized carbons (Fsp3) is 0.450. The van der Waals surface area contributed by atoms with Crippen LogP contribution in [-0.4, -0.2) is 34.0 Å². The molecule has 2 heterocycles. The van der Waals surface area contributed by atoms with Crippen molar-refractivity contribution in [2.75, 3.05) is 13.1 Å². The first-order valence-electron chi connectivity index (χ1n) is 9.26. The van der Waals surface area contributed by atoms with Gasteiger partial charge in [-0.25, -0.2) is 23.5 Å². The monoisotopic (exact) mass is 374 g/mol. The predicted octanol–water partition coefficient (Wildman–Crippen LogP) is 3.62. The Hall–Kier alpha value is -2.57. The molecule has 0 unspecified atom stereocenters. The van der Waals surface area contributed by atoms with Gasteiger partial charge in [0, 0.05) is 25.4 Å². The normalized spacial score (nSPS) is 15.0. The second-order valence-electron chi connectivity index (χ2n) is 6.96. The number of urea groups is 1. The second kappa shape index (κ2) is 8.88. The van der Waals surface area contributed by atoms with Crippen LogP contribution in [0.15, 0.2) is 30.5 Å². The molecule has 1 aliphatic heterocycles. The van der Waals surface area contributed by atoms with Gasteiger partial charge < -0.3 is 10.2 Å². The lowest BCUT2D eigenvalue weighted by atomic mass is 9.90. The first kappa shape index (κ1) is 19.2. The summed E-state index contributed by atoms with van der Waals surface area (Å²) in [4.78, 5) is 22.4. The molecular weight excluding hydrogens is 350 g/mol. The van der Waals surface area contributed by atoms with Crippen LogP contribution in [0.1, 0.15) is 36.3 Å². The van der Waals surface area contributed by atoms with E-state index in [9.17, 15) is 13.6 Å². The third-order valence-electron chi connectivity index (χ3n) is 4.99. The highest BCUT2D eigenvalue weighted by Gasteiger charge is 2.22. The van der Waals surface area contributed by atoms with Crippen LogP contribution >= 0.6 is 0 Å². The van der Waals surface area contributed by atoms with Gasteiger partial charge >= 0.3 is 6.03 Å². The number of nitrogens with zero attached hydrogens (tertiary/aromatic N) is 3. The fourth-order valence-corrected chi connectivity index (χ4v) is 3.39. The van der Waals surface area contributed by atoms with Crippen LogP contribution in [0.3, 0.4) is 0 Å². The Morgan fingerprint density at radius 2 is 2.04 bits per heavy atom. The fourth-order valence-electron chi connectivity index (χ4n) is 3.39. The smallest absolute Gasteiger partial charge is 0.317 e. The lowest BCUT2D eigenvalue weighted by Crippen LogP contribution is -2.44. The number of benzene rings is 1. The molecule has 0 bridgehead atoms. The highest BCUT2D eigenvalue weighted by atomic mass is 19.1. The van der Waals surface area contributed by atoms with Crippen molar-refractivity contribution in [3.05, 3.63) is 59.2 Å². The number of nitrogens with one attached hydrogen (secondary N) is 1. The van der Waals surface area contributed by atoms with Crippen LogP contribution in [0.5, 0.6) is 0 Å². The second-order valence-corrected chi connectivity index (χ2v) is 6.96. The van der Waals surface area contributed by atoms with E-state index in [1.807, 2.05) is 11.8 Å². The Labute approximate surface area is 157 Å². The number of rotatable bonds is 5. The highest BCUT2D eigenvalue weighted by molar-refractivity contribution is 5.74. The Kier molecular flexibility index (Phi) is 6.32. The molecule has 27 heavy (non-hydrogen) atoms. The van der Waals surface area contributed by atoms with Gasteiger partial charge in [0.25, 0.3) is 0 Å². The SMILES string of the molecule is Cc1nccc(CNC(=O)N2CCC(CCc3ccc(F)cc3F)CC2)n1. The Morgan fingerprint density at radius 3 is 2.74 bits per heavy atom. The summed E-state index contributed by atoms with van der Waals surface area (Å²) in [5, 5.41) is 2.89. The highest BCUT2D eigenvalue weighted by Crippen LogP contribution is 2.23. The van der Waals surface area contributed by atoms with Crippen LogP contribution in [-0.2, 0) is 13.0 Å². The number of halogens is 2. The molecule has 1 N–H and O–H groups in total. The third-order valence-corrected chi connectivity index (χ3v) is 4.99. The van der Waals surface area contributed by atoms with Gasteiger partial charge in [-0.3, -0.25) is 0 Å². The molecule has 1 aromatic heterocycles. The minimum Gasteiger partial charge on any atom is -0.332 e. The van der Waals surface area contributed by atoms with Crippen LogP contribution < -0.4 is 5.32 Å². The Morgan fingerprint density at radius 1 is 1.26 bits per heavy atom. The largest absolute Gasteiger partial charge is 0.332 e. The van der Waals surface area contributed by atoms with E-state index in [1.54, 1.807) is 12.3 Å². The van der Waals surface area contributed by atoms with Crippen molar-refractivity contribution in [3.8, 4) is 0 Å². The van der Waals surface area contributed by atoms with E-state index in [1.165, 1.54) is 12.1 Å². The molecule has 2 aromatic rings. The van der Waals surface area contributed by atoms with E-state index in [4.69, 9.17) is 0 Å². The number of likely N-dealkylation sites (tertiary alicyclic amines) is 1. The minimum atomic E-state index is -0.548. The maximum atomic E-state index is 13.7. The summed E-state index contributed by atoms with van der Waals surface area (Å²) in [6.07, 6.45) is 4.90. The molecule has 1 saturated heterocycles. The van der Waals surface area contributed by atoms with E-state index in [2.05, 4.69) is 15.3 Å². The quantitative estimate of drug-likeness (QED) is 0.870. The molecule has 1 aromatic carbocycles. The summed E-state index contributed by atoms with van der Waals surface area (Å²) in [7, 11) is 0. The molecule has 0 aliphatic carbocycles. The number of aryl methyl sites for hydroxylation is 2. The van der Waals surface area contributed by atoms with Gasteiger partial charge in [-0.2, -0.15) is 0 Å². The van der Waals surface area contributed by atoms with Crippen LogP contribution in [0.2, 0.25) is 0 Å². The zero-order chi connectivity index (χ0) is 19.2. The van der Waals surface area contributed by atoms with Crippen molar-refractivity contribution in [1.82, 2.24) is 20.2 Å². The van der Waals surface area contributed by atoms with Gasteiger partial charge in [0.2, 0.25) is 0 Å². The number of carbonyl (C=O) groups is 1. The van der Waals surface area contributed by atoms with E-state index in [-0.39, 0.29) is 6.03 Å². The Bertz CT molecular complexity index is 791. The van der Waals surface area contributed by atoms with Crippen molar-refractivity contribution in [3.63, 3.8) is 0 Å². The molecule has 7 heteroatoms. The summed E-state index contributed by atoms with van der Waals surface area (Å²) < 4.78 is 26.7. The summed E-state index contributed by atoms with van der Waals surface area (Å²) in [5.41, 5.74) is 1.34. The zero-order valence-electron chi connectivity index (χ0n) is 15.4. The van der Waals surface area contributed by atoms with Gasteiger partial charge in [0.05, 0.1) is 12.2 Å². The van der Waals surface area contributed by atoms with Gasteiger partial charge in [0.15, 0.2) is 0 Å². The molecule has 0 saturated carbocycles.